The molecule has 6 nitrogen and oxygen atoms in total. The van der Waals surface area contributed by atoms with Gasteiger partial charge < -0.3 is 19.7 Å². The van der Waals surface area contributed by atoms with Crippen molar-refractivity contribution in [2.45, 2.75) is 45.7 Å². The lowest BCUT2D eigenvalue weighted by Crippen LogP contribution is -2.47. The molecule has 2 aromatic carbocycles. The van der Waals surface area contributed by atoms with Crippen molar-refractivity contribution in [3.05, 3.63) is 59.7 Å². The number of hydrogen-bond donors (Lipinski definition) is 1. The van der Waals surface area contributed by atoms with Gasteiger partial charge >= 0.3 is 0 Å². The maximum atomic E-state index is 12.7. The minimum atomic E-state index is -0.554. The first-order valence-corrected chi connectivity index (χ1v) is 10.3. The summed E-state index contributed by atoms with van der Waals surface area (Å²) in [6.07, 6.45) is 1.87. The van der Waals surface area contributed by atoms with Gasteiger partial charge in [0.05, 0.1) is 14.2 Å². The summed E-state index contributed by atoms with van der Waals surface area (Å²) in [5.74, 6) is 1.39. The van der Waals surface area contributed by atoms with Crippen LogP contribution in [0, 0.1) is 0 Å². The van der Waals surface area contributed by atoms with Crippen molar-refractivity contribution in [2.75, 3.05) is 20.8 Å². The lowest BCUT2D eigenvalue weighted by Gasteiger charge is -2.29. The van der Waals surface area contributed by atoms with Crippen LogP contribution >= 0.6 is 0 Å². The number of carbonyl (C=O) groups is 2. The second kappa shape index (κ2) is 11.9. The monoisotopic (exact) mass is 412 g/mol. The van der Waals surface area contributed by atoms with Crippen molar-refractivity contribution in [3.8, 4) is 11.5 Å². The van der Waals surface area contributed by atoms with Crippen LogP contribution < -0.4 is 14.8 Å². The Morgan fingerprint density at radius 1 is 0.933 bits per heavy atom. The van der Waals surface area contributed by atoms with Gasteiger partial charge in [0.1, 0.15) is 17.5 Å². The maximum absolute atomic E-state index is 12.7. The fourth-order valence-electron chi connectivity index (χ4n) is 3.14. The van der Waals surface area contributed by atoms with Gasteiger partial charge in [-0.25, -0.2) is 0 Å². The van der Waals surface area contributed by atoms with Crippen LogP contribution in [0.2, 0.25) is 0 Å². The van der Waals surface area contributed by atoms with Crippen LogP contribution in [-0.2, 0) is 22.6 Å². The summed E-state index contributed by atoms with van der Waals surface area (Å²) in [6, 6.07) is 14.8. The van der Waals surface area contributed by atoms with Crippen molar-refractivity contribution in [3.63, 3.8) is 0 Å². The maximum Gasteiger partial charge on any atom is 0.242 e. The van der Waals surface area contributed by atoms with E-state index in [-0.39, 0.29) is 11.8 Å². The molecule has 0 saturated heterocycles. The van der Waals surface area contributed by atoms with E-state index in [0.717, 1.165) is 29.0 Å². The minimum absolute atomic E-state index is 0.0221. The van der Waals surface area contributed by atoms with Crippen LogP contribution in [0.25, 0.3) is 0 Å². The van der Waals surface area contributed by atoms with E-state index in [2.05, 4.69) is 5.32 Å². The molecule has 0 saturated carbocycles. The summed E-state index contributed by atoms with van der Waals surface area (Å²) in [5.41, 5.74) is 2.07. The average molecular weight is 413 g/mol. The number of benzene rings is 2. The number of nitrogens with zero attached hydrogens (tertiary/aromatic N) is 1. The van der Waals surface area contributed by atoms with E-state index in [9.17, 15) is 9.59 Å². The number of methoxy groups -OCH3 is 2. The van der Waals surface area contributed by atoms with Gasteiger partial charge in [-0.05, 0) is 55.2 Å². The molecule has 2 amide bonds. The summed E-state index contributed by atoms with van der Waals surface area (Å²) < 4.78 is 10.3. The lowest BCUT2D eigenvalue weighted by molar-refractivity contribution is -0.140. The number of nitrogens with one attached hydrogen (secondary N) is 1. The van der Waals surface area contributed by atoms with Crippen molar-refractivity contribution in [2.24, 2.45) is 0 Å². The number of rotatable bonds is 11. The van der Waals surface area contributed by atoms with Gasteiger partial charge in [-0.2, -0.15) is 0 Å². The standard InChI is InChI=1S/C24H32N2O4/c1-5-6-23(27)26(17-20-9-13-22(30-4)14-10-20)18(2)24(28)25-16-15-19-7-11-21(29-3)12-8-19/h7-14,18H,5-6,15-17H2,1-4H3,(H,25,28). The topological polar surface area (TPSA) is 67.9 Å². The van der Waals surface area contributed by atoms with Crippen LogP contribution in [0.3, 0.4) is 0 Å². The molecule has 0 aliphatic carbocycles. The Labute approximate surface area is 179 Å². The summed E-state index contributed by atoms with van der Waals surface area (Å²) in [6.45, 7) is 4.63. The predicted molar refractivity (Wildman–Crippen MR) is 118 cm³/mol. The van der Waals surface area contributed by atoms with Gasteiger partial charge in [0.25, 0.3) is 0 Å². The Balaban J connectivity index is 1.97. The first kappa shape index (κ1) is 23.3. The molecule has 1 N–H and O–H groups in total. The molecule has 2 aromatic rings. The second-order valence-corrected chi connectivity index (χ2v) is 7.18. The molecule has 30 heavy (non-hydrogen) atoms. The van der Waals surface area contributed by atoms with Crippen LogP contribution in [0.4, 0.5) is 0 Å². The van der Waals surface area contributed by atoms with Gasteiger partial charge in [-0.3, -0.25) is 9.59 Å². The van der Waals surface area contributed by atoms with Crippen LogP contribution in [0.1, 0.15) is 37.8 Å². The molecular weight excluding hydrogens is 380 g/mol. The minimum Gasteiger partial charge on any atom is -0.497 e. The summed E-state index contributed by atoms with van der Waals surface area (Å²) in [7, 11) is 3.25. The Morgan fingerprint density at radius 3 is 1.97 bits per heavy atom. The van der Waals surface area contributed by atoms with Gasteiger partial charge in [0.15, 0.2) is 0 Å². The molecule has 2 rings (SSSR count). The molecule has 0 aliphatic heterocycles. The van der Waals surface area contributed by atoms with Gasteiger partial charge in [0, 0.05) is 19.5 Å². The summed E-state index contributed by atoms with van der Waals surface area (Å²) >= 11 is 0. The molecule has 0 fully saturated rings. The SMILES string of the molecule is CCCC(=O)N(Cc1ccc(OC)cc1)C(C)C(=O)NCCc1ccc(OC)cc1. The lowest BCUT2D eigenvalue weighted by atomic mass is 10.1. The molecule has 1 unspecified atom stereocenters. The smallest absolute Gasteiger partial charge is 0.242 e. The highest BCUT2D eigenvalue weighted by Crippen LogP contribution is 2.16. The van der Waals surface area contributed by atoms with Crippen molar-refractivity contribution in [1.29, 1.82) is 0 Å². The molecule has 1 atom stereocenters. The van der Waals surface area contributed by atoms with E-state index in [0.29, 0.717) is 25.9 Å². The quantitative estimate of drug-likeness (QED) is 0.613. The zero-order chi connectivity index (χ0) is 21.9. The van der Waals surface area contributed by atoms with E-state index in [1.807, 2.05) is 55.5 Å². The normalized spacial score (nSPS) is 11.5. The summed E-state index contributed by atoms with van der Waals surface area (Å²) in [4.78, 5) is 27.1. The fourth-order valence-corrected chi connectivity index (χ4v) is 3.14. The Bertz CT molecular complexity index is 803. The average Bonchev–Trinajstić information content (AvgIpc) is 2.78. The van der Waals surface area contributed by atoms with E-state index in [1.165, 1.54) is 0 Å². The Morgan fingerprint density at radius 2 is 1.47 bits per heavy atom. The third-order valence-corrected chi connectivity index (χ3v) is 5.02. The Hall–Kier alpha value is -3.02. The van der Waals surface area contributed by atoms with Crippen LogP contribution in [0.5, 0.6) is 11.5 Å². The third-order valence-electron chi connectivity index (χ3n) is 5.02. The first-order chi connectivity index (χ1) is 14.5. The molecule has 6 heteroatoms. The fraction of sp³-hybridized carbons (Fsp3) is 0.417. The van der Waals surface area contributed by atoms with Crippen LogP contribution in [0.15, 0.2) is 48.5 Å². The van der Waals surface area contributed by atoms with Crippen molar-refractivity contribution < 1.29 is 19.1 Å². The molecular formula is C24H32N2O4. The molecule has 0 aliphatic rings. The second-order valence-electron chi connectivity index (χ2n) is 7.18. The zero-order valence-corrected chi connectivity index (χ0v) is 18.3. The predicted octanol–water partition coefficient (Wildman–Crippen LogP) is 3.58. The van der Waals surface area contributed by atoms with E-state index in [4.69, 9.17) is 9.47 Å². The number of ether oxygens (including phenoxy) is 2. The largest absolute Gasteiger partial charge is 0.497 e. The highest BCUT2D eigenvalue weighted by Gasteiger charge is 2.25. The van der Waals surface area contributed by atoms with E-state index < -0.39 is 6.04 Å². The van der Waals surface area contributed by atoms with Crippen molar-refractivity contribution in [1.82, 2.24) is 10.2 Å². The third kappa shape index (κ3) is 6.79. The van der Waals surface area contributed by atoms with Gasteiger partial charge in [-0.15, -0.1) is 0 Å². The molecule has 0 heterocycles. The van der Waals surface area contributed by atoms with E-state index in [1.54, 1.807) is 26.0 Å². The van der Waals surface area contributed by atoms with E-state index >= 15 is 0 Å². The summed E-state index contributed by atoms with van der Waals surface area (Å²) in [5, 5.41) is 2.96. The Kier molecular flexibility index (Phi) is 9.19. The molecule has 0 radical (unpaired) electrons. The first-order valence-electron chi connectivity index (χ1n) is 10.3. The van der Waals surface area contributed by atoms with Gasteiger partial charge in [-0.1, -0.05) is 31.2 Å². The van der Waals surface area contributed by atoms with Crippen molar-refractivity contribution >= 4 is 11.8 Å². The molecule has 0 aromatic heterocycles. The number of hydrogen-bond acceptors (Lipinski definition) is 4. The number of amides is 2. The molecule has 0 bridgehead atoms. The molecule has 162 valence electrons. The highest BCUT2D eigenvalue weighted by atomic mass is 16.5. The highest BCUT2D eigenvalue weighted by molar-refractivity contribution is 5.87. The van der Waals surface area contributed by atoms with Gasteiger partial charge in [0.2, 0.25) is 11.8 Å². The number of carbonyl (C=O) groups excluding carboxylic acids is 2. The van der Waals surface area contributed by atoms with Crippen LogP contribution in [-0.4, -0.2) is 43.5 Å². The molecule has 0 spiro atoms. The zero-order valence-electron chi connectivity index (χ0n) is 18.3.